The van der Waals surface area contributed by atoms with E-state index in [1.54, 1.807) is 6.07 Å². The number of benzene rings is 1. The molecule has 0 heterocycles. The molecule has 0 radical (unpaired) electrons. The van der Waals surface area contributed by atoms with Crippen LogP contribution in [0.2, 0.25) is 0 Å². The van der Waals surface area contributed by atoms with Gasteiger partial charge in [-0.25, -0.2) is 8.42 Å². The van der Waals surface area contributed by atoms with Crippen LogP contribution in [-0.4, -0.2) is 14.3 Å². The Hall–Kier alpha value is -1.36. The maximum atomic E-state index is 11.2. The molecule has 1 aliphatic rings. The van der Waals surface area contributed by atoms with Gasteiger partial charge in [0.25, 0.3) is 0 Å². The van der Waals surface area contributed by atoms with Gasteiger partial charge in [0, 0.05) is 0 Å². The van der Waals surface area contributed by atoms with E-state index in [4.69, 9.17) is 5.73 Å². The molecule has 1 aromatic rings. The molecule has 0 saturated carbocycles. The smallest absolute Gasteiger partial charge is 0.224 e. The van der Waals surface area contributed by atoms with Gasteiger partial charge in [-0.05, 0) is 29.5 Å². The first kappa shape index (κ1) is 11.1. The van der Waals surface area contributed by atoms with Gasteiger partial charge < -0.3 is 5.73 Å². The van der Waals surface area contributed by atoms with Gasteiger partial charge in [0.1, 0.15) is 10.7 Å². The summed E-state index contributed by atoms with van der Waals surface area (Å²) >= 11 is 0. The number of rotatable bonds is 3. The highest BCUT2D eigenvalue weighted by Crippen LogP contribution is 2.33. The molecule has 86 valence electrons. The SMILES string of the molecule is NC(=O)C1CCc2cc(C[SH](=O)=O)ccc21. The number of amides is 1. The summed E-state index contributed by atoms with van der Waals surface area (Å²) in [6.45, 7) is 0. The maximum Gasteiger partial charge on any atom is 0.224 e. The van der Waals surface area contributed by atoms with Crippen LogP contribution in [0.3, 0.4) is 0 Å². The molecule has 2 N–H and O–H groups in total. The van der Waals surface area contributed by atoms with Crippen molar-refractivity contribution in [3.63, 3.8) is 0 Å². The van der Waals surface area contributed by atoms with Crippen molar-refractivity contribution in [2.24, 2.45) is 5.73 Å². The van der Waals surface area contributed by atoms with Gasteiger partial charge in [-0.3, -0.25) is 4.79 Å². The van der Waals surface area contributed by atoms with Gasteiger partial charge in [-0.15, -0.1) is 0 Å². The van der Waals surface area contributed by atoms with Crippen LogP contribution in [0.1, 0.15) is 29.0 Å². The van der Waals surface area contributed by atoms with E-state index in [0.29, 0.717) is 0 Å². The van der Waals surface area contributed by atoms with Crippen molar-refractivity contribution < 1.29 is 13.2 Å². The Balaban J connectivity index is 2.32. The second kappa shape index (κ2) is 4.25. The molecule has 1 atom stereocenters. The zero-order valence-corrected chi connectivity index (χ0v) is 9.57. The van der Waals surface area contributed by atoms with Crippen molar-refractivity contribution in [2.75, 3.05) is 0 Å². The van der Waals surface area contributed by atoms with Gasteiger partial charge in [-0.1, -0.05) is 18.2 Å². The molecule has 5 heteroatoms. The highest BCUT2D eigenvalue weighted by molar-refractivity contribution is 7.71. The molecule has 0 saturated heterocycles. The lowest BCUT2D eigenvalue weighted by Gasteiger charge is -2.07. The normalized spacial score (nSPS) is 18.7. The van der Waals surface area contributed by atoms with Gasteiger partial charge >= 0.3 is 0 Å². The second-order valence-electron chi connectivity index (χ2n) is 4.02. The van der Waals surface area contributed by atoms with Crippen LogP contribution in [-0.2, 0) is 27.7 Å². The Kier molecular flexibility index (Phi) is 2.96. The maximum absolute atomic E-state index is 11.2. The van der Waals surface area contributed by atoms with E-state index in [1.165, 1.54) is 0 Å². The minimum atomic E-state index is -2.40. The molecule has 1 aliphatic carbocycles. The van der Waals surface area contributed by atoms with Gasteiger partial charge in [0.15, 0.2) is 0 Å². The number of hydrogen-bond donors (Lipinski definition) is 2. The van der Waals surface area contributed by atoms with Crippen LogP contribution in [0.25, 0.3) is 0 Å². The monoisotopic (exact) mass is 239 g/mol. The summed E-state index contributed by atoms with van der Waals surface area (Å²) in [6, 6.07) is 5.44. The van der Waals surface area contributed by atoms with Gasteiger partial charge in [0.2, 0.25) is 5.91 Å². The zero-order chi connectivity index (χ0) is 11.7. The molecule has 0 fully saturated rings. The minimum Gasteiger partial charge on any atom is -0.369 e. The number of fused-ring (bicyclic) bond motifs is 1. The topological polar surface area (TPSA) is 77.2 Å². The van der Waals surface area contributed by atoms with Crippen LogP contribution >= 0.6 is 0 Å². The lowest BCUT2D eigenvalue weighted by Crippen LogP contribution is -2.19. The first-order valence-corrected chi connectivity index (χ1v) is 6.47. The van der Waals surface area contributed by atoms with Crippen LogP contribution in [0.15, 0.2) is 18.2 Å². The van der Waals surface area contributed by atoms with E-state index >= 15 is 0 Å². The van der Waals surface area contributed by atoms with Crippen molar-refractivity contribution in [1.82, 2.24) is 0 Å². The van der Waals surface area contributed by atoms with Crippen molar-refractivity contribution >= 4 is 16.6 Å². The summed E-state index contributed by atoms with van der Waals surface area (Å²) in [5.41, 5.74) is 8.08. The summed E-state index contributed by atoms with van der Waals surface area (Å²) in [7, 11) is -2.40. The van der Waals surface area contributed by atoms with E-state index < -0.39 is 10.7 Å². The fraction of sp³-hybridized carbons (Fsp3) is 0.364. The minimum absolute atomic E-state index is 0.0594. The van der Waals surface area contributed by atoms with Crippen LogP contribution in [0.5, 0.6) is 0 Å². The molecule has 16 heavy (non-hydrogen) atoms. The number of carbonyl (C=O) groups excluding carboxylic acids is 1. The quantitative estimate of drug-likeness (QED) is 0.745. The first-order chi connectivity index (χ1) is 7.58. The zero-order valence-electron chi connectivity index (χ0n) is 8.68. The summed E-state index contributed by atoms with van der Waals surface area (Å²) in [5, 5.41) is 0. The van der Waals surface area contributed by atoms with Crippen LogP contribution < -0.4 is 5.73 Å². The Morgan fingerprint density at radius 1 is 1.44 bits per heavy atom. The average molecular weight is 239 g/mol. The fourth-order valence-electron chi connectivity index (χ4n) is 2.21. The van der Waals surface area contributed by atoms with Crippen molar-refractivity contribution in [3.8, 4) is 0 Å². The molecule has 1 unspecified atom stereocenters. The number of aryl methyl sites for hydroxylation is 1. The van der Waals surface area contributed by atoms with Crippen LogP contribution in [0, 0.1) is 0 Å². The summed E-state index contributed by atoms with van der Waals surface area (Å²) < 4.78 is 21.2. The fourth-order valence-corrected chi connectivity index (χ4v) is 2.71. The van der Waals surface area contributed by atoms with E-state index in [1.807, 2.05) is 12.1 Å². The highest BCUT2D eigenvalue weighted by atomic mass is 32.2. The summed E-state index contributed by atoms with van der Waals surface area (Å²) in [5.74, 6) is -0.449. The summed E-state index contributed by atoms with van der Waals surface area (Å²) in [4.78, 5) is 11.2. The predicted molar refractivity (Wildman–Crippen MR) is 60.7 cm³/mol. The molecule has 1 aromatic carbocycles. The lowest BCUT2D eigenvalue weighted by atomic mass is 10.00. The highest BCUT2D eigenvalue weighted by Gasteiger charge is 2.26. The number of thiol groups is 1. The molecule has 4 nitrogen and oxygen atoms in total. The third-order valence-corrected chi connectivity index (χ3v) is 3.56. The lowest BCUT2D eigenvalue weighted by molar-refractivity contribution is -0.119. The first-order valence-electron chi connectivity index (χ1n) is 5.10. The standard InChI is InChI=1S/C11H13NO3S/c12-11(13)10-4-2-8-5-7(6-16(14)15)1-3-9(8)10/h1,3,5,10,16H,2,4,6H2,(H2,12,13). The molecule has 0 aliphatic heterocycles. The Morgan fingerprint density at radius 3 is 2.81 bits per heavy atom. The second-order valence-corrected chi connectivity index (χ2v) is 5.00. The number of nitrogens with two attached hydrogens (primary N) is 1. The molecule has 2 rings (SSSR count). The Morgan fingerprint density at radius 2 is 2.19 bits per heavy atom. The Labute approximate surface area is 95.4 Å². The van der Waals surface area contributed by atoms with Gasteiger partial charge in [0.05, 0.1) is 11.7 Å². The molecule has 0 aromatic heterocycles. The molecule has 0 bridgehead atoms. The number of carbonyl (C=O) groups is 1. The van der Waals surface area contributed by atoms with Crippen molar-refractivity contribution in [2.45, 2.75) is 24.5 Å². The molecular formula is C11H13NO3S. The average Bonchev–Trinajstić information content (AvgIpc) is 2.59. The van der Waals surface area contributed by atoms with E-state index in [-0.39, 0.29) is 17.6 Å². The van der Waals surface area contributed by atoms with E-state index in [9.17, 15) is 13.2 Å². The molecule has 1 amide bonds. The van der Waals surface area contributed by atoms with Crippen molar-refractivity contribution in [3.05, 3.63) is 34.9 Å². The third-order valence-electron chi connectivity index (χ3n) is 2.94. The van der Waals surface area contributed by atoms with Crippen LogP contribution in [0.4, 0.5) is 0 Å². The van der Waals surface area contributed by atoms with Crippen molar-refractivity contribution in [1.29, 1.82) is 0 Å². The van der Waals surface area contributed by atoms with E-state index in [2.05, 4.69) is 0 Å². The Bertz CT molecular complexity index is 500. The molecular weight excluding hydrogens is 226 g/mol. The predicted octanol–water partition coefficient (Wildman–Crippen LogP) is 0.313. The van der Waals surface area contributed by atoms with E-state index in [0.717, 1.165) is 29.5 Å². The van der Waals surface area contributed by atoms with Gasteiger partial charge in [-0.2, -0.15) is 0 Å². The largest absolute Gasteiger partial charge is 0.369 e. The molecule has 0 spiro atoms. The third kappa shape index (κ3) is 2.09. The number of hydrogen-bond acceptors (Lipinski definition) is 3. The number of primary amides is 1. The summed E-state index contributed by atoms with van der Waals surface area (Å²) in [6.07, 6.45) is 1.53.